The molecule has 7 heteroatoms. The van der Waals surface area contributed by atoms with Gasteiger partial charge in [0.2, 0.25) is 10.0 Å². The fourth-order valence-corrected chi connectivity index (χ4v) is 4.03. The van der Waals surface area contributed by atoms with Crippen molar-refractivity contribution >= 4 is 21.6 Å². The molecule has 2 aromatic carbocycles. The van der Waals surface area contributed by atoms with Gasteiger partial charge in [-0.25, -0.2) is 8.42 Å². The van der Waals surface area contributed by atoms with Gasteiger partial charge >= 0.3 is 0 Å². The summed E-state index contributed by atoms with van der Waals surface area (Å²) in [7, 11) is -3.59. The Hall–Kier alpha value is -2.22. The van der Waals surface area contributed by atoms with E-state index in [-0.39, 0.29) is 10.8 Å². The van der Waals surface area contributed by atoms with Gasteiger partial charge < -0.3 is 10.1 Å². The molecule has 0 aliphatic carbocycles. The van der Waals surface area contributed by atoms with E-state index in [9.17, 15) is 13.2 Å². The average Bonchev–Trinajstić information content (AvgIpc) is 2.63. The van der Waals surface area contributed by atoms with Gasteiger partial charge in [0.25, 0.3) is 5.91 Å². The Balaban J connectivity index is 1.79. The second kappa shape index (κ2) is 7.35. The number of hydrogen-bond acceptors (Lipinski definition) is 4. The molecule has 1 heterocycles. The minimum Gasteiger partial charge on any atom is -0.379 e. The van der Waals surface area contributed by atoms with Crippen LogP contribution in [0.3, 0.4) is 0 Å². The molecule has 1 N–H and O–H groups in total. The van der Waals surface area contributed by atoms with Crippen LogP contribution in [-0.4, -0.2) is 44.9 Å². The van der Waals surface area contributed by atoms with E-state index in [1.54, 1.807) is 24.3 Å². The van der Waals surface area contributed by atoms with Gasteiger partial charge in [-0.3, -0.25) is 4.79 Å². The number of anilines is 1. The standard InChI is InChI=1S/C18H20N2O4S/c1-14-5-7-15(8-6-14)18(21)19-16-3-2-4-17(13-16)25(22,23)20-9-11-24-12-10-20/h2-8,13H,9-12H2,1H3,(H,19,21). The van der Waals surface area contributed by atoms with Crippen LogP contribution in [0.4, 0.5) is 5.69 Å². The van der Waals surface area contributed by atoms with Crippen LogP contribution in [0.2, 0.25) is 0 Å². The molecule has 1 aliphatic heterocycles. The second-order valence-electron chi connectivity index (χ2n) is 5.86. The minimum absolute atomic E-state index is 0.163. The van der Waals surface area contributed by atoms with Gasteiger partial charge in [0.05, 0.1) is 18.1 Å². The molecule has 1 fully saturated rings. The smallest absolute Gasteiger partial charge is 0.255 e. The normalized spacial score (nSPS) is 15.7. The van der Waals surface area contributed by atoms with Gasteiger partial charge in [0, 0.05) is 24.3 Å². The van der Waals surface area contributed by atoms with E-state index in [0.29, 0.717) is 37.6 Å². The zero-order valence-corrected chi connectivity index (χ0v) is 14.8. The van der Waals surface area contributed by atoms with Crippen LogP contribution in [0.25, 0.3) is 0 Å². The van der Waals surface area contributed by atoms with Crippen molar-refractivity contribution in [3.05, 3.63) is 59.7 Å². The Morgan fingerprint density at radius 2 is 1.76 bits per heavy atom. The summed E-state index contributed by atoms with van der Waals surface area (Å²) >= 11 is 0. The molecule has 0 radical (unpaired) electrons. The van der Waals surface area contributed by atoms with E-state index in [2.05, 4.69) is 5.32 Å². The van der Waals surface area contributed by atoms with E-state index >= 15 is 0 Å². The lowest BCUT2D eigenvalue weighted by molar-refractivity contribution is 0.0730. The molecule has 3 rings (SSSR count). The molecule has 0 unspecified atom stereocenters. The molecule has 6 nitrogen and oxygen atoms in total. The van der Waals surface area contributed by atoms with Crippen LogP contribution in [0.1, 0.15) is 15.9 Å². The van der Waals surface area contributed by atoms with Crippen molar-refractivity contribution in [2.24, 2.45) is 0 Å². The van der Waals surface area contributed by atoms with Gasteiger partial charge in [0.15, 0.2) is 0 Å². The SMILES string of the molecule is Cc1ccc(C(=O)Nc2cccc(S(=O)(=O)N3CCOCC3)c2)cc1. The minimum atomic E-state index is -3.59. The van der Waals surface area contributed by atoms with Gasteiger partial charge in [-0.1, -0.05) is 23.8 Å². The topological polar surface area (TPSA) is 75.7 Å². The van der Waals surface area contributed by atoms with E-state index in [1.807, 2.05) is 19.1 Å². The van der Waals surface area contributed by atoms with Crippen LogP contribution >= 0.6 is 0 Å². The third-order valence-electron chi connectivity index (χ3n) is 4.01. The van der Waals surface area contributed by atoms with Gasteiger partial charge in [-0.05, 0) is 37.3 Å². The zero-order valence-electron chi connectivity index (χ0n) is 13.9. The van der Waals surface area contributed by atoms with Crippen molar-refractivity contribution in [3.8, 4) is 0 Å². The molecule has 0 atom stereocenters. The highest BCUT2D eigenvalue weighted by atomic mass is 32.2. The predicted octanol–water partition coefficient (Wildman–Crippen LogP) is 2.27. The highest BCUT2D eigenvalue weighted by Gasteiger charge is 2.26. The Bertz CT molecular complexity index is 857. The average molecular weight is 360 g/mol. The first-order valence-corrected chi connectivity index (χ1v) is 9.47. The summed E-state index contributed by atoms with van der Waals surface area (Å²) in [4.78, 5) is 12.5. The summed E-state index contributed by atoms with van der Waals surface area (Å²) in [5.74, 6) is -0.277. The molecule has 2 aromatic rings. The fourth-order valence-electron chi connectivity index (χ4n) is 2.58. The summed E-state index contributed by atoms with van der Waals surface area (Å²) in [5.41, 5.74) is 2.03. The molecule has 0 spiro atoms. The Labute approximate surface area is 147 Å². The number of carbonyl (C=O) groups excluding carboxylic acids is 1. The number of sulfonamides is 1. The van der Waals surface area contributed by atoms with Gasteiger partial charge in [-0.15, -0.1) is 0 Å². The molecule has 0 aromatic heterocycles. The van der Waals surface area contributed by atoms with Crippen molar-refractivity contribution in [2.45, 2.75) is 11.8 Å². The van der Waals surface area contributed by atoms with Crippen molar-refractivity contribution in [1.29, 1.82) is 0 Å². The molecule has 25 heavy (non-hydrogen) atoms. The lowest BCUT2D eigenvalue weighted by Gasteiger charge is -2.26. The van der Waals surface area contributed by atoms with E-state index in [1.165, 1.54) is 16.4 Å². The summed E-state index contributed by atoms with van der Waals surface area (Å²) in [6.45, 7) is 3.40. The Morgan fingerprint density at radius 3 is 2.44 bits per heavy atom. The second-order valence-corrected chi connectivity index (χ2v) is 7.80. The third kappa shape index (κ3) is 4.07. The van der Waals surface area contributed by atoms with Crippen molar-refractivity contribution in [1.82, 2.24) is 4.31 Å². The molecular formula is C18H20N2O4S. The first-order valence-electron chi connectivity index (χ1n) is 8.03. The van der Waals surface area contributed by atoms with Crippen molar-refractivity contribution in [2.75, 3.05) is 31.6 Å². The van der Waals surface area contributed by atoms with Crippen LogP contribution in [0, 0.1) is 6.92 Å². The number of hydrogen-bond donors (Lipinski definition) is 1. The number of benzene rings is 2. The predicted molar refractivity (Wildman–Crippen MR) is 95.2 cm³/mol. The van der Waals surface area contributed by atoms with Gasteiger partial charge in [-0.2, -0.15) is 4.31 Å². The van der Waals surface area contributed by atoms with Gasteiger partial charge in [0.1, 0.15) is 0 Å². The lowest BCUT2D eigenvalue weighted by Crippen LogP contribution is -2.40. The molecule has 1 saturated heterocycles. The largest absolute Gasteiger partial charge is 0.379 e. The highest BCUT2D eigenvalue weighted by Crippen LogP contribution is 2.21. The number of nitrogens with one attached hydrogen (secondary N) is 1. The van der Waals surface area contributed by atoms with Crippen LogP contribution < -0.4 is 5.32 Å². The van der Waals surface area contributed by atoms with E-state index in [0.717, 1.165) is 5.56 Å². The maximum absolute atomic E-state index is 12.7. The Kier molecular flexibility index (Phi) is 5.17. The highest BCUT2D eigenvalue weighted by molar-refractivity contribution is 7.89. The zero-order chi connectivity index (χ0) is 17.9. The molecule has 132 valence electrons. The van der Waals surface area contributed by atoms with Crippen LogP contribution in [0.5, 0.6) is 0 Å². The molecule has 1 amide bonds. The number of ether oxygens (including phenoxy) is 1. The Morgan fingerprint density at radius 1 is 1.08 bits per heavy atom. The van der Waals surface area contributed by atoms with Crippen molar-refractivity contribution in [3.63, 3.8) is 0 Å². The quantitative estimate of drug-likeness (QED) is 0.907. The van der Waals surface area contributed by atoms with Crippen molar-refractivity contribution < 1.29 is 17.9 Å². The summed E-state index contributed by atoms with van der Waals surface area (Å²) in [6, 6.07) is 13.5. The number of aryl methyl sites for hydroxylation is 1. The maximum Gasteiger partial charge on any atom is 0.255 e. The van der Waals surface area contributed by atoms with E-state index < -0.39 is 10.0 Å². The third-order valence-corrected chi connectivity index (χ3v) is 5.91. The molecule has 0 saturated carbocycles. The molecular weight excluding hydrogens is 340 g/mol. The first-order chi connectivity index (χ1) is 12.0. The molecule has 1 aliphatic rings. The number of carbonyl (C=O) groups is 1. The molecule has 0 bridgehead atoms. The summed E-state index contributed by atoms with van der Waals surface area (Å²) < 4.78 is 32.0. The summed E-state index contributed by atoms with van der Waals surface area (Å²) in [6.07, 6.45) is 0. The van der Waals surface area contributed by atoms with E-state index in [4.69, 9.17) is 4.74 Å². The van der Waals surface area contributed by atoms with Crippen LogP contribution in [0.15, 0.2) is 53.4 Å². The fraction of sp³-hybridized carbons (Fsp3) is 0.278. The number of morpholine rings is 1. The number of amides is 1. The lowest BCUT2D eigenvalue weighted by atomic mass is 10.1. The van der Waals surface area contributed by atoms with Crippen LogP contribution in [-0.2, 0) is 14.8 Å². The monoisotopic (exact) mass is 360 g/mol. The number of nitrogens with zero attached hydrogens (tertiary/aromatic N) is 1. The maximum atomic E-state index is 12.7. The first kappa shape index (κ1) is 17.6. The number of rotatable bonds is 4. The summed E-state index contributed by atoms with van der Waals surface area (Å²) in [5, 5.41) is 2.75.